The van der Waals surface area contributed by atoms with Crippen LogP contribution < -0.4 is 0 Å². The van der Waals surface area contributed by atoms with Gasteiger partial charge in [0.2, 0.25) is 0 Å². The first kappa shape index (κ1) is 17.2. The van der Waals surface area contributed by atoms with Gasteiger partial charge < -0.3 is 9.33 Å². The van der Waals surface area contributed by atoms with Crippen LogP contribution in [0.15, 0.2) is 24.8 Å². The quantitative estimate of drug-likeness (QED) is 0.557. The Hall–Kier alpha value is -1.11. The molecule has 0 radical (unpaired) electrons. The van der Waals surface area contributed by atoms with Crippen LogP contribution in [0.3, 0.4) is 0 Å². The lowest BCUT2D eigenvalue weighted by molar-refractivity contribution is -0.107. The van der Waals surface area contributed by atoms with E-state index < -0.39 is 8.32 Å². The van der Waals surface area contributed by atoms with Crippen molar-refractivity contribution in [1.82, 2.24) is 9.96 Å². The number of carbonyl (C=O) groups excluding carboxylic acids is 1. The summed E-state index contributed by atoms with van der Waals surface area (Å²) in [7, 11) is -1.81. The van der Waals surface area contributed by atoms with Crippen LogP contribution in [0.1, 0.15) is 20.8 Å². The maximum absolute atomic E-state index is 12.4. The first-order valence-corrected chi connectivity index (χ1v) is 10.7. The molecule has 124 valence electrons. The van der Waals surface area contributed by atoms with E-state index in [2.05, 4.69) is 46.5 Å². The molecule has 0 N–H and O–H groups in total. The molecule has 2 bridgehead atoms. The van der Waals surface area contributed by atoms with Crippen molar-refractivity contribution in [1.29, 1.82) is 0 Å². The van der Waals surface area contributed by atoms with Gasteiger partial charge in [0.05, 0.1) is 25.3 Å². The average molecular weight is 324 g/mol. The molecule has 2 aliphatic heterocycles. The summed E-state index contributed by atoms with van der Waals surface area (Å²) in [6.07, 6.45) is 5.76. The van der Waals surface area contributed by atoms with Crippen molar-refractivity contribution in [3.63, 3.8) is 0 Å². The van der Waals surface area contributed by atoms with Crippen LogP contribution in [0, 0.1) is 0 Å². The second-order valence-corrected chi connectivity index (χ2v) is 12.2. The van der Waals surface area contributed by atoms with Gasteiger partial charge in [-0.05, 0) is 18.1 Å². The maximum Gasteiger partial charge on any atom is 0.345 e. The summed E-state index contributed by atoms with van der Waals surface area (Å²) in [5.41, 5.74) is 0. The average Bonchev–Trinajstić information content (AvgIpc) is 2.67. The Labute approximate surface area is 134 Å². The molecular weight excluding hydrogens is 296 g/mol. The van der Waals surface area contributed by atoms with Crippen LogP contribution in [0.25, 0.3) is 0 Å². The lowest BCUT2D eigenvalue weighted by Gasteiger charge is -2.38. The van der Waals surface area contributed by atoms with Crippen LogP contribution in [0.4, 0.5) is 4.79 Å². The van der Waals surface area contributed by atoms with E-state index in [1.165, 1.54) is 5.06 Å². The summed E-state index contributed by atoms with van der Waals surface area (Å²) >= 11 is 0. The van der Waals surface area contributed by atoms with Gasteiger partial charge >= 0.3 is 6.03 Å². The Bertz CT molecular complexity index is 471. The van der Waals surface area contributed by atoms with E-state index in [9.17, 15) is 4.79 Å². The molecule has 0 aromatic rings. The number of hydrogen-bond acceptors (Lipinski definition) is 3. The third-order valence-corrected chi connectivity index (χ3v) is 9.33. The van der Waals surface area contributed by atoms with Crippen molar-refractivity contribution < 1.29 is 14.1 Å². The lowest BCUT2D eigenvalue weighted by atomic mass is 10.1. The molecule has 0 spiro atoms. The zero-order chi connectivity index (χ0) is 16.5. The van der Waals surface area contributed by atoms with Gasteiger partial charge in [-0.3, -0.25) is 4.84 Å². The summed E-state index contributed by atoms with van der Waals surface area (Å²) < 4.78 is 6.27. The van der Waals surface area contributed by atoms with Crippen molar-refractivity contribution in [2.75, 3.05) is 19.8 Å². The Morgan fingerprint density at radius 1 is 1.41 bits per heavy atom. The highest BCUT2D eigenvalue weighted by Crippen LogP contribution is 2.37. The van der Waals surface area contributed by atoms with Gasteiger partial charge in [-0.1, -0.05) is 39.0 Å². The summed E-state index contributed by atoms with van der Waals surface area (Å²) in [4.78, 5) is 19.7. The Kier molecular flexibility index (Phi) is 4.84. The van der Waals surface area contributed by atoms with Crippen molar-refractivity contribution in [3.05, 3.63) is 24.8 Å². The predicted molar refractivity (Wildman–Crippen MR) is 90.0 cm³/mol. The van der Waals surface area contributed by atoms with Crippen molar-refractivity contribution in [3.8, 4) is 0 Å². The van der Waals surface area contributed by atoms with Crippen LogP contribution in [-0.2, 0) is 9.26 Å². The minimum atomic E-state index is -1.81. The highest BCUT2D eigenvalue weighted by molar-refractivity contribution is 6.74. The number of hydroxylamine groups is 2. The number of fused-ring (bicyclic) bond motifs is 2. The van der Waals surface area contributed by atoms with Crippen molar-refractivity contribution >= 4 is 14.3 Å². The smallest absolute Gasteiger partial charge is 0.345 e. The highest BCUT2D eigenvalue weighted by Gasteiger charge is 2.44. The molecule has 5 nitrogen and oxygen atoms in total. The SMILES string of the molecule is C=CCON1C(=O)N2C[C@H]1C=C[C@H]2CO[Si](C)(C)C(C)(C)C. The van der Waals surface area contributed by atoms with Crippen molar-refractivity contribution in [2.45, 2.75) is 51.0 Å². The summed E-state index contributed by atoms with van der Waals surface area (Å²) in [5, 5.41) is 1.62. The topological polar surface area (TPSA) is 42.0 Å². The third kappa shape index (κ3) is 3.29. The maximum atomic E-state index is 12.4. The number of amides is 2. The Morgan fingerprint density at radius 2 is 2.09 bits per heavy atom. The number of urea groups is 1. The molecule has 0 aromatic heterocycles. The molecule has 1 saturated heterocycles. The van der Waals surface area contributed by atoms with Crippen LogP contribution >= 0.6 is 0 Å². The van der Waals surface area contributed by atoms with Crippen LogP contribution in [0.2, 0.25) is 18.1 Å². The zero-order valence-electron chi connectivity index (χ0n) is 14.3. The fourth-order valence-corrected chi connectivity index (χ4v) is 3.36. The molecule has 0 unspecified atom stereocenters. The van der Waals surface area contributed by atoms with E-state index >= 15 is 0 Å². The first-order valence-electron chi connectivity index (χ1n) is 7.83. The molecule has 2 amide bonds. The molecule has 2 atom stereocenters. The molecule has 0 saturated carbocycles. The largest absolute Gasteiger partial charge is 0.414 e. The van der Waals surface area contributed by atoms with Gasteiger partial charge in [0.25, 0.3) is 0 Å². The summed E-state index contributed by atoms with van der Waals surface area (Å²) in [6.45, 7) is 16.3. The fourth-order valence-electron chi connectivity index (χ4n) is 2.34. The molecule has 2 heterocycles. The van der Waals surface area contributed by atoms with Gasteiger partial charge in [-0.25, -0.2) is 4.79 Å². The molecule has 6 heteroatoms. The normalized spacial score (nSPS) is 25.0. The van der Waals surface area contributed by atoms with Gasteiger partial charge in [0.15, 0.2) is 8.32 Å². The first-order chi connectivity index (χ1) is 10.2. The van der Waals surface area contributed by atoms with Gasteiger partial charge in [-0.2, -0.15) is 5.06 Å². The highest BCUT2D eigenvalue weighted by atomic mass is 28.4. The number of hydrogen-bond donors (Lipinski definition) is 0. The number of nitrogens with zero attached hydrogens (tertiary/aromatic N) is 2. The van der Waals surface area contributed by atoms with Gasteiger partial charge in [0, 0.05) is 6.54 Å². The lowest BCUT2D eigenvalue weighted by Crippen LogP contribution is -2.47. The molecule has 0 aliphatic carbocycles. The molecule has 2 rings (SSSR count). The van der Waals surface area contributed by atoms with Gasteiger partial charge in [0.1, 0.15) is 0 Å². The molecular formula is C16H28N2O3Si. The second kappa shape index (κ2) is 6.18. The fraction of sp³-hybridized carbons (Fsp3) is 0.688. The summed E-state index contributed by atoms with van der Waals surface area (Å²) in [5.74, 6) is 0. The standard InChI is InChI=1S/C16H28N2O3Si/c1-7-10-20-18-13-8-9-14(17(11-13)15(18)19)12-21-22(5,6)16(2,3)4/h7-9,13-14H,1,10-12H2,2-6H3/t13-,14+/m1/s1. The number of rotatable bonds is 6. The molecule has 0 aromatic carbocycles. The van der Waals surface area contributed by atoms with Crippen LogP contribution in [-0.4, -0.2) is 56.2 Å². The van der Waals surface area contributed by atoms with E-state index in [-0.39, 0.29) is 23.2 Å². The van der Waals surface area contributed by atoms with E-state index in [1.807, 2.05) is 11.0 Å². The molecule has 1 fully saturated rings. The minimum Gasteiger partial charge on any atom is -0.414 e. The van der Waals surface area contributed by atoms with E-state index in [0.717, 1.165) is 0 Å². The predicted octanol–water partition coefficient (Wildman–Crippen LogP) is 3.17. The van der Waals surface area contributed by atoms with E-state index in [1.54, 1.807) is 6.08 Å². The molecule has 2 aliphatic rings. The monoisotopic (exact) mass is 324 g/mol. The van der Waals surface area contributed by atoms with Gasteiger partial charge in [-0.15, -0.1) is 6.58 Å². The Balaban J connectivity index is 1.99. The number of carbonyl (C=O) groups is 1. The third-order valence-electron chi connectivity index (χ3n) is 4.83. The van der Waals surface area contributed by atoms with E-state index in [0.29, 0.717) is 19.8 Å². The Morgan fingerprint density at radius 3 is 2.68 bits per heavy atom. The summed E-state index contributed by atoms with van der Waals surface area (Å²) in [6, 6.07) is -0.0903. The zero-order valence-corrected chi connectivity index (χ0v) is 15.3. The molecule has 22 heavy (non-hydrogen) atoms. The van der Waals surface area contributed by atoms with E-state index in [4.69, 9.17) is 9.26 Å². The van der Waals surface area contributed by atoms with Crippen LogP contribution in [0.5, 0.6) is 0 Å². The minimum absolute atomic E-state index is 0.00317. The second-order valence-electron chi connectivity index (χ2n) is 7.44. The van der Waals surface area contributed by atoms with Crippen molar-refractivity contribution in [2.24, 2.45) is 0 Å².